The number of halogens is 1. The summed E-state index contributed by atoms with van der Waals surface area (Å²) in [5, 5.41) is 0. The van der Waals surface area contributed by atoms with E-state index in [9.17, 15) is 4.79 Å². The highest BCUT2D eigenvalue weighted by molar-refractivity contribution is 9.10. The maximum absolute atomic E-state index is 12.0. The number of hydrogen-bond acceptors (Lipinski definition) is 2. The number of ketones is 1. The van der Waals surface area contributed by atoms with E-state index in [0.717, 1.165) is 29.5 Å². The molecule has 0 saturated heterocycles. The Morgan fingerprint density at radius 2 is 2.00 bits per heavy atom. The van der Waals surface area contributed by atoms with Gasteiger partial charge in [0.05, 0.1) is 6.54 Å². The zero-order chi connectivity index (χ0) is 12.0. The SMILES string of the molecule is CCCN(CC)CC(=O)c1ccccc1Br. The molecule has 0 spiro atoms. The summed E-state index contributed by atoms with van der Waals surface area (Å²) in [6.07, 6.45) is 1.08. The third-order valence-corrected chi connectivity index (χ3v) is 3.22. The van der Waals surface area contributed by atoms with E-state index in [1.165, 1.54) is 0 Å². The van der Waals surface area contributed by atoms with Crippen LogP contribution in [0.4, 0.5) is 0 Å². The monoisotopic (exact) mass is 283 g/mol. The van der Waals surface area contributed by atoms with E-state index < -0.39 is 0 Å². The molecular weight excluding hydrogens is 266 g/mol. The van der Waals surface area contributed by atoms with Crippen LogP contribution in [0.25, 0.3) is 0 Å². The summed E-state index contributed by atoms with van der Waals surface area (Å²) in [5.41, 5.74) is 0.775. The Bertz CT molecular complexity index is 352. The first-order valence-electron chi connectivity index (χ1n) is 5.69. The summed E-state index contributed by atoms with van der Waals surface area (Å²) in [6, 6.07) is 7.59. The number of Topliss-reactive ketones (excluding diaryl/α,β-unsaturated/α-hetero) is 1. The van der Waals surface area contributed by atoms with E-state index in [-0.39, 0.29) is 5.78 Å². The molecule has 1 rings (SSSR count). The lowest BCUT2D eigenvalue weighted by molar-refractivity contribution is 0.0933. The summed E-state index contributed by atoms with van der Waals surface area (Å²) in [7, 11) is 0. The van der Waals surface area contributed by atoms with Gasteiger partial charge in [-0.05, 0) is 25.6 Å². The van der Waals surface area contributed by atoms with Crippen LogP contribution in [0.5, 0.6) is 0 Å². The van der Waals surface area contributed by atoms with Crippen molar-refractivity contribution in [1.29, 1.82) is 0 Å². The number of hydrogen-bond donors (Lipinski definition) is 0. The van der Waals surface area contributed by atoms with Crippen LogP contribution in [0.1, 0.15) is 30.6 Å². The zero-order valence-corrected chi connectivity index (χ0v) is 11.5. The second-order valence-electron chi connectivity index (χ2n) is 3.77. The fraction of sp³-hybridized carbons (Fsp3) is 0.462. The smallest absolute Gasteiger partial charge is 0.177 e. The second kappa shape index (κ2) is 6.81. The number of likely N-dealkylation sites (N-methyl/N-ethyl adjacent to an activating group) is 1. The predicted molar refractivity (Wildman–Crippen MR) is 70.9 cm³/mol. The molecule has 0 aliphatic rings. The van der Waals surface area contributed by atoms with Crippen LogP contribution in [0.3, 0.4) is 0 Å². The third kappa shape index (κ3) is 3.72. The second-order valence-corrected chi connectivity index (χ2v) is 4.63. The summed E-state index contributed by atoms with van der Waals surface area (Å²) >= 11 is 3.41. The Kier molecular flexibility index (Phi) is 5.71. The first kappa shape index (κ1) is 13.4. The lowest BCUT2D eigenvalue weighted by Crippen LogP contribution is -2.30. The van der Waals surface area contributed by atoms with Gasteiger partial charge in [0.1, 0.15) is 0 Å². The van der Waals surface area contributed by atoms with E-state index in [2.05, 4.69) is 34.7 Å². The summed E-state index contributed by atoms with van der Waals surface area (Å²) < 4.78 is 0.882. The van der Waals surface area contributed by atoms with Gasteiger partial charge in [-0.15, -0.1) is 0 Å². The highest BCUT2D eigenvalue weighted by Crippen LogP contribution is 2.16. The quantitative estimate of drug-likeness (QED) is 0.746. The molecule has 1 aromatic carbocycles. The minimum atomic E-state index is 0.183. The molecule has 0 unspecified atom stereocenters. The van der Waals surface area contributed by atoms with E-state index >= 15 is 0 Å². The summed E-state index contributed by atoms with van der Waals surface area (Å²) in [6.45, 7) is 6.62. The molecule has 0 N–H and O–H groups in total. The molecule has 0 fully saturated rings. The highest BCUT2D eigenvalue weighted by Gasteiger charge is 2.12. The molecule has 3 heteroatoms. The normalized spacial score (nSPS) is 10.8. The van der Waals surface area contributed by atoms with Crippen LogP contribution in [0, 0.1) is 0 Å². The first-order valence-corrected chi connectivity index (χ1v) is 6.48. The van der Waals surface area contributed by atoms with Crippen molar-refractivity contribution in [2.24, 2.45) is 0 Å². The number of carbonyl (C=O) groups excluding carboxylic acids is 1. The molecule has 16 heavy (non-hydrogen) atoms. The summed E-state index contributed by atoms with van der Waals surface area (Å²) in [5.74, 6) is 0.183. The van der Waals surface area contributed by atoms with Crippen LogP contribution in [0.15, 0.2) is 28.7 Å². The lowest BCUT2D eigenvalue weighted by atomic mass is 10.1. The van der Waals surface area contributed by atoms with Gasteiger partial charge in [-0.2, -0.15) is 0 Å². The largest absolute Gasteiger partial charge is 0.296 e. The Morgan fingerprint density at radius 1 is 1.31 bits per heavy atom. The van der Waals surface area contributed by atoms with Gasteiger partial charge in [0.2, 0.25) is 0 Å². The van der Waals surface area contributed by atoms with E-state index in [1.54, 1.807) is 0 Å². The van der Waals surface area contributed by atoms with Crippen LogP contribution < -0.4 is 0 Å². The van der Waals surface area contributed by atoms with Crippen LogP contribution >= 0.6 is 15.9 Å². The van der Waals surface area contributed by atoms with E-state index in [4.69, 9.17) is 0 Å². The van der Waals surface area contributed by atoms with Crippen molar-refractivity contribution in [3.63, 3.8) is 0 Å². The van der Waals surface area contributed by atoms with Gasteiger partial charge in [-0.3, -0.25) is 9.69 Å². The molecule has 0 heterocycles. The maximum Gasteiger partial charge on any atom is 0.177 e. The van der Waals surface area contributed by atoms with Gasteiger partial charge in [-0.1, -0.05) is 48.0 Å². The van der Waals surface area contributed by atoms with Crippen molar-refractivity contribution < 1.29 is 4.79 Å². The molecule has 0 amide bonds. The van der Waals surface area contributed by atoms with Crippen molar-refractivity contribution in [2.75, 3.05) is 19.6 Å². The summed E-state index contributed by atoms with van der Waals surface area (Å²) in [4.78, 5) is 14.2. The van der Waals surface area contributed by atoms with Gasteiger partial charge < -0.3 is 0 Å². The fourth-order valence-corrected chi connectivity index (χ4v) is 2.15. The Balaban J connectivity index is 2.68. The van der Waals surface area contributed by atoms with Crippen molar-refractivity contribution in [3.8, 4) is 0 Å². The maximum atomic E-state index is 12.0. The number of nitrogens with zero attached hydrogens (tertiary/aromatic N) is 1. The van der Waals surface area contributed by atoms with E-state index in [1.807, 2.05) is 24.3 Å². The van der Waals surface area contributed by atoms with Gasteiger partial charge in [0, 0.05) is 10.0 Å². The van der Waals surface area contributed by atoms with Crippen molar-refractivity contribution in [1.82, 2.24) is 4.90 Å². The van der Waals surface area contributed by atoms with Gasteiger partial charge >= 0.3 is 0 Å². The van der Waals surface area contributed by atoms with E-state index in [0.29, 0.717) is 6.54 Å². The Labute approximate surface area is 106 Å². The topological polar surface area (TPSA) is 20.3 Å². The van der Waals surface area contributed by atoms with Crippen LogP contribution in [-0.4, -0.2) is 30.3 Å². The van der Waals surface area contributed by atoms with Crippen molar-refractivity contribution >= 4 is 21.7 Å². The van der Waals surface area contributed by atoms with Gasteiger partial charge in [0.15, 0.2) is 5.78 Å². The number of rotatable bonds is 6. The first-order chi connectivity index (χ1) is 7.69. The molecular formula is C13H18BrNO. The molecule has 88 valence electrons. The predicted octanol–water partition coefficient (Wildman–Crippen LogP) is 3.36. The van der Waals surface area contributed by atoms with Gasteiger partial charge in [-0.25, -0.2) is 0 Å². The average molecular weight is 284 g/mol. The minimum Gasteiger partial charge on any atom is -0.296 e. The van der Waals surface area contributed by atoms with Crippen molar-refractivity contribution in [2.45, 2.75) is 20.3 Å². The molecule has 0 saturated carbocycles. The van der Waals surface area contributed by atoms with Crippen LogP contribution in [0.2, 0.25) is 0 Å². The number of carbonyl (C=O) groups is 1. The highest BCUT2D eigenvalue weighted by atomic mass is 79.9. The lowest BCUT2D eigenvalue weighted by Gasteiger charge is -2.18. The van der Waals surface area contributed by atoms with Crippen LogP contribution in [-0.2, 0) is 0 Å². The minimum absolute atomic E-state index is 0.183. The standard InChI is InChI=1S/C13H18BrNO/c1-3-9-15(4-2)10-13(16)11-7-5-6-8-12(11)14/h5-8H,3-4,9-10H2,1-2H3. The molecule has 2 nitrogen and oxygen atoms in total. The Hall–Kier alpha value is -0.670. The number of benzene rings is 1. The molecule has 1 aromatic rings. The van der Waals surface area contributed by atoms with Gasteiger partial charge in [0.25, 0.3) is 0 Å². The molecule has 0 aliphatic heterocycles. The third-order valence-electron chi connectivity index (χ3n) is 2.53. The molecule has 0 aliphatic carbocycles. The van der Waals surface area contributed by atoms with Crippen molar-refractivity contribution in [3.05, 3.63) is 34.3 Å². The zero-order valence-electron chi connectivity index (χ0n) is 9.87. The molecule has 0 aromatic heterocycles. The molecule has 0 atom stereocenters. The molecule has 0 radical (unpaired) electrons. The molecule has 0 bridgehead atoms. The Morgan fingerprint density at radius 3 is 2.56 bits per heavy atom. The average Bonchev–Trinajstić information content (AvgIpc) is 2.28. The fourth-order valence-electron chi connectivity index (χ4n) is 1.64.